The van der Waals surface area contributed by atoms with Gasteiger partial charge in [0.1, 0.15) is 0 Å². The number of rotatable bonds is 11. The number of hydrogen-bond donors (Lipinski definition) is 1. The largest absolute Gasteiger partial charge is 0.373 e. The molecule has 1 N–H and O–H groups in total. The Kier molecular flexibility index (Phi) is 7.89. The molecule has 0 bridgehead atoms. The lowest BCUT2D eigenvalue weighted by Gasteiger charge is -2.40. The van der Waals surface area contributed by atoms with E-state index >= 15 is 0 Å². The van der Waals surface area contributed by atoms with Gasteiger partial charge in [0, 0.05) is 13.2 Å². The molecular formula is C16H32N4O. The Morgan fingerprint density at radius 3 is 2.43 bits per heavy atom. The van der Waals surface area contributed by atoms with Crippen molar-refractivity contribution in [1.29, 1.82) is 0 Å². The molecule has 0 aliphatic carbocycles. The molecule has 0 saturated heterocycles. The van der Waals surface area contributed by atoms with Gasteiger partial charge in [0.05, 0.1) is 23.5 Å². The van der Waals surface area contributed by atoms with E-state index in [2.05, 4.69) is 50.2 Å². The van der Waals surface area contributed by atoms with E-state index in [1.807, 2.05) is 10.9 Å². The molecule has 21 heavy (non-hydrogen) atoms. The first-order valence-corrected chi connectivity index (χ1v) is 8.44. The molecule has 0 fully saturated rings. The minimum Gasteiger partial charge on any atom is -0.373 e. The maximum absolute atomic E-state index is 6.21. The molecule has 1 aromatic rings. The van der Waals surface area contributed by atoms with Crippen molar-refractivity contribution < 1.29 is 4.74 Å². The van der Waals surface area contributed by atoms with Crippen LogP contribution in [0.1, 0.15) is 72.0 Å². The summed E-state index contributed by atoms with van der Waals surface area (Å²) in [5.74, 6) is 0. The average Bonchev–Trinajstić information content (AvgIpc) is 2.95. The third-order valence-electron chi connectivity index (χ3n) is 4.13. The van der Waals surface area contributed by atoms with Crippen molar-refractivity contribution in [1.82, 2.24) is 20.3 Å². The van der Waals surface area contributed by atoms with Gasteiger partial charge in [-0.3, -0.25) is 0 Å². The molecule has 0 radical (unpaired) electrons. The molecule has 0 aliphatic heterocycles. The number of nitrogens with one attached hydrogen (secondary N) is 1. The second-order valence-electron chi connectivity index (χ2n) is 5.47. The van der Waals surface area contributed by atoms with Crippen LogP contribution in [0.3, 0.4) is 0 Å². The standard InChI is InChI=1S/C16H32N4O/c1-6-11-17-15(16(8-3,9-4)21-10-5)14-13-18-19-20(14)12-7-2/h13,15,17H,6-12H2,1-5H3. The number of nitrogens with zero attached hydrogens (tertiary/aromatic N) is 3. The molecular weight excluding hydrogens is 264 g/mol. The Bertz CT molecular complexity index is 387. The van der Waals surface area contributed by atoms with Gasteiger partial charge < -0.3 is 10.1 Å². The fourth-order valence-electron chi connectivity index (χ4n) is 2.96. The summed E-state index contributed by atoms with van der Waals surface area (Å²) >= 11 is 0. The Morgan fingerprint density at radius 1 is 1.19 bits per heavy atom. The third-order valence-corrected chi connectivity index (χ3v) is 4.13. The van der Waals surface area contributed by atoms with Crippen LogP contribution in [0.2, 0.25) is 0 Å². The maximum Gasteiger partial charge on any atom is 0.0886 e. The number of aryl methyl sites for hydroxylation is 1. The minimum absolute atomic E-state index is 0.133. The van der Waals surface area contributed by atoms with Crippen LogP contribution in [0.15, 0.2) is 6.20 Å². The van der Waals surface area contributed by atoms with Crippen LogP contribution in [-0.4, -0.2) is 33.7 Å². The van der Waals surface area contributed by atoms with Crippen LogP contribution in [-0.2, 0) is 11.3 Å². The molecule has 0 aromatic carbocycles. The highest BCUT2D eigenvalue weighted by atomic mass is 16.5. The van der Waals surface area contributed by atoms with Gasteiger partial charge in [-0.15, -0.1) is 5.10 Å². The predicted molar refractivity (Wildman–Crippen MR) is 86.3 cm³/mol. The van der Waals surface area contributed by atoms with Gasteiger partial charge in [-0.1, -0.05) is 32.9 Å². The van der Waals surface area contributed by atoms with Crippen molar-refractivity contribution in [2.24, 2.45) is 0 Å². The number of ether oxygens (including phenoxy) is 1. The van der Waals surface area contributed by atoms with Crippen LogP contribution < -0.4 is 5.32 Å². The quantitative estimate of drug-likeness (QED) is 0.680. The highest BCUT2D eigenvalue weighted by Crippen LogP contribution is 2.35. The molecule has 0 spiro atoms. The first-order chi connectivity index (χ1) is 10.2. The predicted octanol–water partition coefficient (Wildman–Crippen LogP) is 3.32. The normalized spacial score (nSPS) is 13.6. The topological polar surface area (TPSA) is 52.0 Å². The zero-order valence-corrected chi connectivity index (χ0v) is 14.4. The highest BCUT2D eigenvalue weighted by Gasteiger charge is 2.39. The number of aromatic nitrogens is 3. The molecule has 5 nitrogen and oxygen atoms in total. The molecule has 0 saturated carbocycles. The Balaban J connectivity index is 3.15. The first kappa shape index (κ1) is 18.1. The SMILES string of the molecule is CCCNC(c1cnnn1CCC)C(CC)(CC)OCC. The van der Waals surface area contributed by atoms with E-state index in [9.17, 15) is 0 Å². The summed E-state index contributed by atoms with van der Waals surface area (Å²) in [5, 5.41) is 12.0. The summed E-state index contributed by atoms with van der Waals surface area (Å²) < 4.78 is 8.23. The van der Waals surface area contributed by atoms with Gasteiger partial charge in [0.25, 0.3) is 0 Å². The lowest BCUT2D eigenvalue weighted by molar-refractivity contribution is -0.0751. The maximum atomic E-state index is 6.21. The van der Waals surface area contributed by atoms with E-state index in [1.165, 1.54) is 0 Å². The van der Waals surface area contributed by atoms with Crippen molar-refractivity contribution in [3.8, 4) is 0 Å². The molecule has 1 unspecified atom stereocenters. The lowest BCUT2D eigenvalue weighted by atomic mass is 9.86. The van der Waals surface area contributed by atoms with E-state index in [0.717, 1.165) is 51.1 Å². The third kappa shape index (κ3) is 4.27. The molecule has 0 amide bonds. The van der Waals surface area contributed by atoms with Gasteiger partial charge in [0.15, 0.2) is 0 Å². The van der Waals surface area contributed by atoms with Crippen LogP contribution in [0, 0.1) is 0 Å². The monoisotopic (exact) mass is 296 g/mol. The second kappa shape index (κ2) is 9.15. The van der Waals surface area contributed by atoms with E-state index in [0.29, 0.717) is 0 Å². The minimum atomic E-state index is -0.197. The second-order valence-corrected chi connectivity index (χ2v) is 5.47. The van der Waals surface area contributed by atoms with Crippen LogP contribution in [0.25, 0.3) is 0 Å². The number of hydrogen-bond acceptors (Lipinski definition) is 4. The molecule has 1 atom stereocenters. The fraction of sp³-hybridized carbons (Fsp3) is 0.875. The zero-order valence-electron chi connectivity index (χ0n) is 14.4. The lowest BCUT2D eigenvalue weighted by Crippen LogP contribution is -2.46. The van der Waals surface area contributed by atoms with Gasteiger partial charge in [-0.05, 0) is 39.2 Å². The van der Waals surface area contributed by atoms with E-state index in [1.54, 1.807) is 0 Å². The Labute approximate surface area is 129 Å². The Hall–Kier alpha value is -0.940. The van der Waals surface area contributed by atoms with E-state index in [-0.39, 0.29) is 11.6 Å². The van der Waals surface area contributed by atoms with Crippen molar-refractivity contribution in [2.45, 2.75) is 78.5 Å². The fourth-order valence-corrected chi connectivity index (χ4v) is 2.96. The summed E-state index contributed by atoms with van der Waals surface area (Å²) in [4.78, 5) is 0. The molecule has 0 aliphatic rings. The van der Waals surface area contributed by atoms with Crippen molar-refractivity contribution >= 4 is 0 Å². The van der Waals surface area contributed by atoms with Gasteiger partial charge in [-0.2, -0.15) is 0 Å². The van der Waals surface area contributed by atoms with E-state index in [4.69, 9.17) is 4.74 Å². The summed E-state index contributed by atoms with van der Waals surface area (Å²) in [6.07, 6.45) is 5.98. The van der Waals surface area contributed by atoms with Crippen molar-refractivity contribution in [2.75, 3.05) is 13.2 Å². The first-order valence-electron chi connectivity index (χ1n) is 8.44. The molecule has 1 heterocycles. The molecule has 1 rings (SSSR count). The zero-order chi connectivity index (χ0) is 15.7. The summed E-state index contributed by atoms with van der Waals surface area (Å²) in [6, 6.07) is 0.133. The van der Waals surface area contributed by atoms with Gasteiger partial charge in [-0.25, -0.2) is 4.68 Å². The highest BCUT2D eigenvalue weighted by molar-refractivity contribution is 5.10. The van der Waals surface area contributed by atoms with Crippen LogP contribution >= 0.6 is 0 Å². The van der Waals surface area contributed by atoms with Gasteiger partial charge in [0.2, 0.25) is 0 Å². The smallest absolute Gasteiger partial charge is 0.0886 e. The van der Waals surface area contributed by atoms with Crippen molar-refractivity contribution in [3.63, 3.8) is 0 Å². The van der Waals surface area contributed by atoms with Crippen LogP contribution in [0.4, 0.5) is 0 Å². The summed E-state index contributed by atoms with van der Waals surface area (Å²) in [7, 11) is 0. The average molecular weight is 296 g/mol. The van der Waals surface area contributed by atoms with Gasteiger partial charge >= 0.3 is 0 Å². The van der Waals surface area contributed by atoms with Crippen LogP contribution in [0.5, 0.6) is 0 Å². The summed E-state index contributed by atoms with van der Waals surface area (Å²) in [5.41, 5.74) is 0.944. The molecule has 122 valence electrons. The Morgan fingerprint density at radius 2 is 1.90 bits per heavy atom. The summed E-state index contributed by atoms with van der Waals surface area (Å²) in [6.45, 7) is 13.4. The molecule has 1 aromatic heterocycles. The molecule has 5 heteroatoms. The van der Waals surface area contributed by atoms with Crippen molar-refractivity contribution in [3.05, 3.63) is 11.9 Å². The van der Waals surface area contributed by atoms with E-state index < -0.39 is 0 Å².